The van der Waals surface area contributed by atoms with Gasteiger partial charge in [-0.05, 0) is 23.3 Å². The number of nitrogens with zero attached hydrogens (tertiary/aromatic N) is 1. The van der Waals surface area contributed by atoms with Gasteiger partial charge in [0.15, 0.2) is 0 Å². The molecule has 0 bridgehead atoms. The Morgan fingerprint density at radius 3 is 2.10 bits per heavy atom. The first-order valence-electron chi connectivity index (χ1n) is 10.0. The summed E-state index contributed by atoms with van der Waals surface area (Å²) in [7, 11) is 1.58. The highest BCUT2D eigenvalue weighted by Gasteiger charge is 2.37. The van der Waals surface area contributed by atoms with E-state index in [1.165, 1.54) is 0 Å². The molecule has 1 atom stereocenters. The summed E-state index contributed by atoms with van der Waals surface area (Å²) in [6, 6.07) is 26.8. The van der Waals surface area contributed by atoms with E-state index in [1.54, 1.807) is 12.0 Å². The normalized spacial score (nSPS) is 16.0. The number of benzene rings is 3. The van der Waals surface area contributed by atoms with Crippen LogP contribution < -0.4 is 15.0 Å². The zero-order chi connectivity index (χ0) is 20.9. The van der Waals surface area contributed by atoms with Crippen molar-refractivity contribution in [3.8, 4) is 5.75 Å². The smallest absolute Gasteiger partial charge is 0.227 e. The van der Waals surface area contributed by atoms with Crippen LogP contribution in [0.1, 0.15) is 23.6 Å². The number of methoxy groups -OCH3 is 1. The highest BCUT2D eigenvalue weighted by atomic mass is 16.5. The minimum atomic E-state index is -0.419. The zero-order valence-electron chi connectivity index (χ0n) is 16.8. The topological polar surface area (TPSA) is 58.6 Å². The van der Waals surface area contributed by atoms with Crippen molar-refractivity contribution in [2.24, 2.45) is 5.92 Å². The lowest BCUT2D eigenvalue weighted by molar-refractivity contribution is -0.126. The Kier molecular flexibility index (Phi) is 5.80. The van der Waals surface area contributed by atoms with Gasteiger partial charge in [0.2, 0.25) is 11.8 Å². The molecule has 1 saturated heterocycles. The van der Waals surface area contributed by atoms with Gasteiger partial charge < -0.3 is 15.0 Å². The number of rotatable bonds is 6. The number of para-hydroxylation sites is 2. The van der Waals surface area contributed by atoms with Crippen molar-refractivity contribution in [2.45, 2.75) is 12.5 Å². The van der Waals surface area contributed by atoms with Crippen LogP contribution in [0.15, 0.2) is 84.9 Å². The lowest BCUT2D eigenvalue weighted by atomic mass is 9.97. The summed E-state index contributed by atoms with van der Waals surface area (Å²) in [5.41, 5.74) is 2.70. The third-order valence-electron chi connectivity index (χ3n) is 5.42. The lowest BCUT2D eigenvalue weighted by Crippen LogP contribution is -2.36. The van der Waals surface area contributed by atoms with Crippen molar-refractivity contribution < 1.29 is 14.3 Å². The van der Waals surface area contributed by atoms with Gasteiger partial charge in [-0.2, -0.15) is 0 Å². The third kappa shape index (κ3) is 4.06. The SMILES string of the molecule is COc1ccccc1N1C[C@@H](C(=O)NC(c2ccccc2)c2ccccc2)CC1=O. The van der Waals surface area contributed by atoms with Crippen molar-refractivity contribution in [1.29, 1.82) is 0 Å². The van der Waals surface area contributed by atoms with Gasteiger partial charge in [-0.3, -0.25) is 9.59 Å². The fraction of sp³-hybridized carbons (Fsp3) is 0.200. The van der Waals surface area contributed by atoms with Crippen LogP contribution in [-0.2, 0) is 9.59 Å². The van der Waals surface area contributed by atoms with E-state index < -0.39 is 5.92 Å². The second-order valence-electron chi connectivity index (χ2n) is 7.34. The van der Waals surface area contributed by atoms with E-state index >= 15 is 0 Å². The van der Waals surface area contributed by atoms with E-state index in [-0.39, 0.29) is 24.3 Å². The average Bonchev–Trinajstić information content (AvgIpc) is 3.20. The van der Waals surface area contributed by atoms with E-state index in [0.717, 1.165) is 11.1 Å². The standard InChI is InChI=1S/C25H24N2O3/c1-30-22-15-9-8-14-21(22)27-17-20(16-23(27)28)25(29)26-24(18-10-4-2-5-11-18)19-12-6-3-7-13-19/h2-15,20,24H,16-17H2,1H3,(H,26,29)/t20-/m0/s1. The van der Waals surface area contributed by atoms with Crippen LogP contribution in [0.5, 0.6) is 5.75 Å². The van der Waals surface area contributed by atoms with Crippen LogP contribution in [0.2, 0.25) is 0 Å². The van der Waals surface area contributed by atoms with Gasteiger partial charge in [0.25, 0.3) is 0 Å². The Labute approximate surface area is 176 Å². The van der Waals surface area contributed by atoms with Crippen LogP contribution in [-0.4, -0.2) is 25.5 Å². The molecule has 1 aliphatic rings. The molecule has 0 radical (unpaired) electrons. The molecule has 1 N–H and O–H groups in total. The molecule has 1 heterocycles. The fourth-order valence-corrected chi connectivity index (χ4v) is 3.88. The van der Waals surface area contributed by atoms with Crippen molar-refractivity contribution in [3.63, 3.8) is 0 Å². The predicted octanol–water partition coefficient (Wildman–Crippen LogP) is 3.95. The number of hydrogen-bond acceptors (Lipinski definition) is 3. The monoisotopic (exact) mass is 400 g/mol. The molecular formula is C25H24N2O3. The second kappa shape index (κ2) is 8.82. The Morgan fingerprint density at radius 1 is 0.933 bits per heavy atom. The predicted molar refractivity (Wildman–Crippen MR) is 116 cm³/mol. The molecule has 3 aromatic rings. The van der Waals surface area contributed by atoms with E-state index in [9.17, 15) is 9.59 Å². The van der Waals surface area contributed by atoms with Crippen LogP contribution in [0.3, 0.4) is 0 Å². The van der Waals surface area contributed by atoms with Crippen molar-refractivity contribution in [1.82, 2.24) is 5.32 Å². The number of carbonyl (C=O) groups is 2. The fourth-order valence-electron chi connectivity index (χ4n) is 3.88. The van der Waals surface area contributed by atoms with Gasteiger partial charge in [-0.15, -0.1) is 0 Å². The van der Waals surface area contributed by atoms with E-state index in [1.807, 2.05) is 84.9 Å². The van der Waals surface area contributed by atoms with Gasteiger partial charge in [-0.25, -0.2) is 0 Å². The summed E-state index contributed by atoms with van der Waals surface area (Å²) in [6.45, 7) is 0.335. The first-order valence-corrected chi connectivity index (χ1v) is 10.0. The number of carbonyl (C=O) groups excluding carboxylic acids is 2. The van der Waals surface area contributed by atoms with Gasteiger partial charge >= 0.3 is 0 Å². The summed E-state index contributed by atoms with van der Waals surface area (Å²) < 4.78 is 5.39. The molecule has 152 valence electrons. The molecule has 30 heavy (non-hydrogen) atoms. The molecule has 1 fully saturated rings. The summed E-state index contributed by atoms with van der Waals surface area (Å²) in [5, 5.41) is 3.16. The summed E-state index contributed by atoms with van der Waals surface area (Å²) in [4.78, 5) is 27.5. The minimum Gasteiger partial charge on any atom is -0.495 e. The van der Waals surface area contributed by atoms with Gasteiger partial charge in [0, 0.05) is 13.0 Å². The molecule has 0 aliphatic carbocycles. The molecule has 0 aromatic heterocycles. The number of nitrogens with one attached hydrogen (secondary N) is 1. The Bertz CT molecular complexity index is 981. The van der Waals surface area contributed by atoms with Crippen LogP contribution in [0.25, 0.3) is 0 Å². The highest BCUT2D eigenvalue weighted by Crippen LogP contribution is 2.33. The maximum absolute atomic E-state index is 13.2. The second-order valence-corrected chi connectivity index (χ2v) is 7.34. The highest BCUT2D eigenvalue weighted by molar-refractivity contribution is 6.01. The molecule has 5 heteroatoms. The molecule has 5 nitrogen and oxygen atoms in total. The molecule has 0 spiro atoms. The van der Waals surface area contributed by atoms with Crippen molar-refractivity contribution in [3.05, 3.63) is 96.1 Å². The van der Waals surface area contributed by atoms with E-state index in [2.05, 4.69) is 5.32 Å². The number of anilines is 1. The van der Waals surface area contributed by atoms with E-state index in [4.69, 9.17) is 4.74 Å². The number of amides is 2. The Hall–Kier alpha value is -3.60. The van der Waals surface area contributed by atoms with Gasteiger partial charge in [-0.1, -0.05) is 72.8 Å². The third-order valence-corrected chi connectivity index (χ3v) is 5.42. The number of ether oxygens (including phenoxy) is 1. The van der Waals surface area contributed by atoms with Crippen LogP contribution >= 0.6 is 0 Å². The summed E-state index contributed by atoms with van der Waals surface area (Å²) in [6.07, 6.45) is 0.181. The zero-order valence-corrected chi connectivity index (χ0v) is 16.8. The summed E-state index contributed by atoms with van der Waals surface area (Å²) in [5.74, 6) is 0.00442. The number of hydrogen-bond donors (Lipinski definition) is 1. The molecule has 2 amide bonds. The lowest BCUT2D eigenvalue weighted by Gasteiger charge is -2.22. The maximum Gasteiger partial charge on any atom is 0.227 e. The molecular weight excluding hydrogens is 376 g/mol. The van der Waals surface area contributed by atoms with Crippen molar-refractivity contribution >= 4 is 17.5 Å². The summed E-state index contributed by atoms with van der Waals surface area (Å²) >= 11 is 0. The maximum atomic E-state index is 13.2. The molecule has 4 rings (SSSR count). The first kappa shape index (κ1) is 19.7. The Balaban J connectivity index is 1.54. The van der Waals surface area contributed by atoms with Gasteiger partial charge in [0.05, 0.1) is 24.8 Å². The van der Waals surface area contributed by atoms with Crippen LogP contribution in [0, 0.1) is 5.92 Å². The average molecular weight is 400 g/mol. The van der Waals surface area contributed by atoms with Crippen molar-refractivity contribution in [2.75, 3.05) is 18.6 Å². The Morgan fingerprint density at radius 2 is 1.50 bits per heavy atom. The minimum absolute atomic E-state index is 0.0735. The molecule has 1 aliphatic heterocycles. The van der Waals surface area contributed by atoms with Gasteiger partial charge in [0.1, 0.15) is 5.75 Å². The quantitative estimate of drug-likeness (QED) is 0.682. The molecule has 3 aromatic carbocycles. The van der Waals surface area contributed by atoms with Crippen LogP contribution in [0.4, 0.5) is 5.69 Å². The molecule has 0 unspecified atom stereocenters. The molecule has 0 saturated carbocycles. The first-order chi connectivity index (χ1) is 14.7. The largest absolute Gasteiger partial charge is 0.495 e. The van der Waals surface area contributed by atoms with E-state index in [0.29, 0.717) is 18.0 Å².